The summed E-state index contributed by atoms with van der Waals surface area (Å²) in [5, 5.41) is 10.5. The Balaban J connectivity index is 2.77. The molecule has 0 saturated heterocycles. The van der Waals surface area contributed by atoms with Crippen LogP contribution in [0.3, 0.4) is 0 Å². The molecule has 62 valence electrons. The molecule has 0 aliphatic rings. The summed E-state index contributed by atoms with van der Waals surface area (Å²) in [5.41, 5.74) is 0.537. The summed E-state index contributed by atoms with van der Waals surface area (Å²) in [4.78, 5) is 0. The Morgan fingerprint density at radius 1 is 1.33 bits per heavy atom. The molecule has 0 saturated carbocycles. The van der Waals surface area contributed by atoms with Crippen molar-refractivity contribution in [2.24, 2.45) is 0 Å². The van der Waals surface area contributed by atoms with Crippen LogP contribution in [0.15, 0.2) is 18.2 Å². The monoisotopic (exact) mass is 168 g/mol. The molecule has 0 unspecified atom stereocenters. The molecule has 0 aromatic heterocycles. The highest BCUT2D eigenvalue weighted by Gasteiger charge is 2.00. The van der Waals surface area contributed by atoms with Gasteiger partial charge in [0.1, 0.15) is 0 Å². The molecule has 1 aromatic carbocycles. The Hall–Kier alpha value is -1.63. The van der Waals surface area contributed by atoms with Crippen LogP contribution in [0.25, 0.3) is 0 Å². The van der Waals surface area contributed by atoms with Crippen LogP contribution >= 0.6 is 0 Å². The fraction of sp³-hybridized carbons (Fsp3) is 0.125. The van der Waals surface area contributed by atoms with Crippen molar-refractivity contribution < 1.29 is 8.78 Å². The first kappa shape index (κ1) is 8.47. The van der Waals surface area contributed by atoms with Gasteiger partial charge in [0.2, 0.25) is 0 Å². The molecule has 0 bridgehead atoms. The summed E-state index contributed by atoms with van der Waals surface area (Å²) in [7, 11) is 0. The van der Waals surface area contributed by atoms with Gasteiger partial charge in [-0.2, -0.15) is 5.26 Å². The Morgan fingerprint density at radius 3 is 2.67 bits per heavy atom. The number of nitrogens with zero attached hydrogens (tertiary/aromatic N) is 1. The first-order valence-electron chi connectivity index (χ1n) is 3.30. The van der Waals surface area contributed by atoms with E-state index in [1.54, 1.807) is 6.19 Å². The van der Waals surface area contributed by atoms with Gasteiger partial charge in [-0.25, -0.2) is 8.78 Å². The minimum absolute atomic E-state index is 0.216. The van der Waals surface area contributed by atoms with Gasteiger partial charge in [-0.15, -0.1) is 0 Å². The second-order valence-electron chi connectivity index (χ2n) is 2.21. The maximum Gasteiger partial charge on any atom is 0.176 e. The van der Waals surface area contributed by atoms with Crippen LogP contribution in [0.5, 0.6) is 0 Å². The van der Waals surface area contributed by atoms with E-state index in [1.807, 2.05) is 0 Å². The van der Waals surface area contributed by atoms with Gasteiger partial charge in [0, 0.05) is 6.54 Å². The van der Waals surface area contributed by atoms with Gasteiger partial charge in [0.15, 0.2) is 17.8 Å². The van der Waals surface area contributed by atoms with E-state index >= 15 is 0 Å². The average Bonchev–Trinajstić information content (AvgIpc) is 2.07. The molecule has 0 atom stereocenters. The van der Waals surface area contributed by atoms with Gasteiger partial charge in [0.05, 0.1) is 0 Å². The molecule has 0 spiro atoms. The molecule has 12 heavy (non-hydrogen) atoms. The normalized spacial score (nSPS) is 9.08. The van der Waals surface area contributed by atoms with Gasteiger partial charge >= 0.3 is 0 Å². The van der Waals surface area contributed by atoms with E-state index < -0.39 is 11.6 Å². The van der Waals surface area contributed by atoms with Crippen molar-refractivity contribution in [1.29, 1.82) is 5.26 Å². The predicted octanol–water partition coefficient (Wildman–Crippen LogP) is 1.54. The maximum atomic E-state index is 12.5. The number of hydrogen-bond donors (Lipinski definition) is 1. The third-order valence-corrected chi connectivity index (χ3v) is 1.36. The number of rotatable bonds is 2. The zero-order valence-electron chi connectivity index (χ0n) is 6.14. The summed E-state index contributed by atoms with van der Waals surface area (Å²) in [6.07, 6.45) is 1.68. The lowest BCUT2D eigenvalue weighted by molar-refractivity contribution is 0.506. The number of benzene rings is 1. The molecular formula is C8H6F2N2. The molecule has 0 heterocycles. The Labute approximate surface area is 68.4 Å². The molecule has 1 aromatic rings. The molecule has 0 aliphatic carbocycles. The zero-order valence-corrected chi connectivity index (χ0v) is 6.14. The Morgan fingerprint density at radius 2 is 2.08 bits per heavy atom. The molecule has 4 heteroatoms. The maximum absolute atomic E-state index is 12.5. The van der Waals surface area contributed by atoms with E-state index in [4.69, 9.17) is 5.26 Å². The van der Waals surface area contributed by atoms with Crippen LogP contribution in [0, 0.1) is 23.1 Å². The van der Waals surface area contributed by atoms with Crippen molar-refractivity contribution in [1.82, 2.24) is 5.32 Å². The number of nitriles is 1. The molecule has 0 fully saturated rings. The predicted molar refractivity (Wildman–Crippen MR) is 38.8 cm³/mol. The van der Waals surface area contributed by atoms with Crippen molar-refractivity contribution >= 4 is 0 Å². The highest BCUT2D eigenvalue weighted by Crippen LogP contribution is 2.07. The molecule has 1 rings (SSSR count). The Kier molecular flexibility index (Phi) is 2.59. The summed E-state index contributed by atoms with van der Waals surface area (Å²) in [6, 6.07) is 3.51. The van der Waals surface area contributed by atoms with Gasteiger partial charge in [-0.1, -0.05) is 6.07 Å². The molecule has 1 N–H and O–H groups in total. The largest absolute Gasteiger partial charge is 0.319 e. The number of hydrogen-bond acceptors (Lipinski definition) is 2. The fourth-order valence-electron chi connectivity index (χ4n) is 0.791. The first-order chi connectivity index (χ1) is 5.74. The van der Waals surface area contributed by atoms with Gasteiger partial charge < -0.3 is 5.32 Å². The lowest BCUT2D eigenvalue weighted by Crippen LogP contribution is -2.04. The third kappa shape index (κ3) is 1.92. The second kappa shape index (κ2) is 3.67. The summed E-state index contributed by atoms with van der Waals surface area (Å²) >= 11 is 0. The lowest BCUT2D eigenvalue weighted by atomic mass is 10.2. The minimum Gasteiger partial charge on any atom is -0.319 e. The van der Waals surface area contributed by atoms with Crippen LogP contribution in [0.2, 0.25) is 0 Å². The van der Waals surface area contributed by atoms with Crippen molar-refractivity contribution in [3.05, 3.63) is 35.4 Å². The fourth-order valence-corrected chi connectivity index (χ4v) is 0.791. The van der Waals surface area contributed by atoms with E-state index in [0.29, 0.717) is 5.56 Å². The molecule has 0 aliphatic heterocycles. The molecule has 0 amide bonds. The van der Waals surface area contributed by atoms with Crippen molar-refractivity contribution in [3.63, 3.8) is 0 Å². The highest BCUT2D eigenvalue weighted by molar-refractivity contribution is 5.17. The molecule has 0 radical (unpaired) electrons. The zero-order chi connectivity index (χ0) is 8.97. The lowest BCUT2D eigenvalue weighted by Gasteiger charge is -1.98. The second-order valence-corrected chi connectivity index (χ2v) is 2.21. The molecular weight excluding hydrogens is 162 g/mol. The van der Waals surface area contributed by atoms with Crippen LogP contribution in [-0.4, -0.2) is 0 Å². The van der Waals surface area contributed by atoms with Gasteiger partial charge in [-0.05, 0) is 17.7 Å². The standard InChI is InChI=1S/C8H6F2N2/c9-7-2-1-6(3-8(7)10)4-12-5-11/h1-3,12H,4H2. The first-order valence-corrected chi connectivity index (χ1v) is 3.30. The van der Waals surface area contributed by atoms with Crippen molar-refractivity contribution in [3.8, 4) is 6.19 Å². The van der Waals surface area contributed by atoms with Crippen LogP contribution in [0.1, 0.15) is 5.56 Å². The van der Waals surface area contributed by atoms with Crippen LogP contribution < -0.4 is 5.32 Å². The quantitative estimate of drug-likeness (QED) is 0.537. The van der Waals surface area contributed by atoms with Crippen LogP contribution in [0.4, 0.5) is 8.78 Å². The topological polar surface area (TPSA) is 35.8 Å². The van der Waals surface area contributed by atoms with Crippen LogP contribution in [-0.2, 0) is 6.54 Å². The van der Waals surface area contributed by atoms with E-state index in [-0.39, 0.29) is 6.54 Å². The smallest absolute Gasteiger partial charge is 0.176 e. The van der Waals surface area contributed by atoms with Gasteiger partial charge in [0.25, 0.3) is 0 Å². The summed E-state index contributed by atoms with van der Waals surface area (Å²) in [6.45, 7) is 0.216. The third-order valence-electron chi connectivity index (χ3n) is 1.36. The summed E-state index contributed by atoms with van der Waals surface area (Å²) < 4.78 is 24.9. The highest BCUT2D eigenvalue weighted by atomic mass is 19.2. The molecule has 2 nitrogen and oxygen atoms in total. The minimum atomic E-state index is -0.896. The Bertz CT molecular complexity index is 317. The van der Waals surface area contributed by atoms with E-state index in [2.05, 4.69) is 5.32 Å². The average molecular weight is 168 g/mol. The summed E-state index contributed by atoms with van der Waals surface area (Å²) in [5.74, 6) is -1.78. The van der Waals surface area contributed by atoms with E-state index in [0.717, 1.165) is 12.1 Å². The van der Waals surface area contributed by atoms with Crippen molar-refractivity contribution in [2.75, 3.05) is 0 Å². The number of halogens is 2. The number of nitrogens with one attached hydrogen (secondary N) is 1. The SMILES string of the molecule is N#CNCc1ccc(F)c(F)c1. The van der Waals surface area contributed by atoms with E-state index in [9.17, 15) is 8.78 Å². The van der Waals surface area contributed by atoms with Gasteiger partial charge in [-0.3, -0.25) is 0 Å². The van der Waals surface area contributed by atoms with E-state index in [1.165, 1.54) is 6.07 Å². The van der Waals surface area contributed by atoms with Crippen molar-refractivity contribution in [2.45, 2.75) is 6.54 Å².